The zero-order valence-corrected chi connectivity index (χ0v) is 9.91. The Bertz CT molecular complexity index is 679. The molecule has 2 aromatic heterocycles. The summed E-state index contributed by atoms with van der Waals surface area (Å²) in [5.41, 5.74) is -0.322. The van der Waals surface area contributed by atoms with E-state index < -0.39 is 17.2 Å². The highest BCUT2D eigenvalue weighted by atomic mass is 19.1. The fraction of sp³-hybridized carbons (Fsp3) is 0.250. The fourth-order valence-corrected chi connectivity index (χ4v) is 1.58. The largest absolute Gasteiger partial charge is 0.462 e. The van der Waals surface area contributed by atoms with Crippen molar-refractivity contribution in [3.8, 4) is 0 Å². The van der Waals surface area contributed by atoms with Gasteiger partial charge in [-0.1, -0.05) is 0 Å². The van der Waals surface area contributed by atoms with Gasteiger partial charge in [0, 0.05) is 6.20 Å². The highest BCUT2D eigenvalue weighted by Gasteiger charge is 2.15. The number of ether oxygens (including phenoxy) is 1. The maximum absolute atomic E-state index is 13.4. The van der Waals surface area contributed by atoms with E-state index in [1.807, 2.05) is 0 Å². The van der Waals surface area contributed by atoms with Gasteiger partial charge in [-0.2, -0.15) is 0 Å². The van der Waals surface area contributed by atoms with Crippen molar-refractivity contribution in [2.24, 2.45) is 0 Å². The zero-order chi connectivity index (χ0) is 13.3. The molecular weight excluding hydrogens is 239 g/mol. The Morgan fingerprint density at radius 2 is 2.28 bits per heavy atom. The molecule has 0 aliphatic rings. The minimum atomic E-state index is -0.735. The summed E-state index contributed by atoms with van der Waals surface area (Å²) in [4.78, 5) is 30.1. The van der Waals surface area contributed by atoms with E-state index in [-0.39, 0.29) is 28.9 Å². The number of hydrogen-bond acceptors (Lipinski definition) is 4. The number of nitrogens with zero attached hydrogens (tertiary/aromatic N) is 1. The molecule has 2 aromatic rings. The highest BCUT2D eigenvalue weighted by molar-refractivity contribution is 5.92. The number of aryl methyl sites for hydroxylation is 1. The van der Waals surface area contributed by atoms with Crippen LogP contribution in [0.25, 0.3) is 11.0 Å². The zero-order valence-electron chi connectivity index (χ0n) is 9.91. The molecule has 0 bridgehead atoms. The van der Waals surface area contributed by atoms with Gasteiger partial charge in [-0.25, -0.2) is 14.2 Å². The number of halogens is 1. The SMILES string of the molecule is CCOC(=O)c1c[nH]c2nc(C)c(F)cc2c1=O. The van der Waals surface area contributed by atoms with E-state index in [2.05, 4.69) is 9.97 Å². The van der Waals surface area contributed by atoms with Crippen molar-refractivity contribution >= 4 is 17.0 Å². The molecule has 0 saturated carbocycles. The monoisotopic (exact) mass is 250 g/mol. The minimum absolute atomic E-state index is 0.0312. The second-order valence-electron chi connectivity index (χ2n) is 3.70. The number of nitrogens with one attached hydrogen (secondary N) is 1. The van der Waals surface area contributed by atoms with Crippen LogP contribution in [0.15, 0.2) is 17.1 Å². The number of hydrogen-bond donors (Lipinski definition) is 1. The van der Waals surface area contributed by atoms with Gasteiger partial charge in [-0.15, -0.1) is 0 Å². The third kappa shape index (κ3) is 1.97. The van der Waals surface area contributed by atoms with Crippen molar-refractivity contribution in [3.63, 3.8) is 0 Å². The van der Waals surface area contributed by atoms with E-state index in [9.17, 15) is 14.0 Å². The Balaban J connectivity index is 2.68. The average molecular weight is 250 g/mol. The predicted molar refractivity (Wildman–Crippen MR) is 63.0 cm³/mol. The number of carbonyl (C=O) groups is 1. The molecule has 0 unspecified atom stereocenters. The summed E-state index contributed by atoms with van der Waals surface area (Å²) in [6.07, 6.45) is 1.23. The first-order valence-electron chi connectivity index (χ1n) is 5.40. The summed E-state index contributed by atoms with van der Waals surface area (Å²) >= 11 is 0. The lowest BCUT2D eigenvalue weighted by atomic mass is 10.2. The lowest BCUT2D eigenvalue weighted by molar-refractivity contribution is 0.0524. The average Bonchev–Trinajstić information content (AvgIpc) is 2.32. The number of aromatic nitrogens is 2. The van der Waals surface area contributed by atoms with Gasteiger partial charge in [0.25, 0.3) is 0 Å². The van der Waals surface area contributed by atoms with Crippen molar-refractivity contribution < 1.29 is 13.9 Å². The van der Waals surface area contributed by atoms with Crippen LogP contribution in [-0.2, 0) is 4.74 Å². The third-order valence-corrected chi connectivity index (χ3v) is 2.49. The van der Waals surface area contributed by atoms with Crippen LogP contribution in [0.4, 0.5) is 4.39 Å². The number of aromatic amines is 1. The molecule has 0 aliphatic heterocycles. The normalized spacial score (nSPS) is 10.6. The number of carbonyl (C=O) groups excluding carboxylic acids is 1. The molecule has 5 nitrogen and oxygen atoms in total. The predicted octanol–water partition coefficient (Wildman–Crippen LogP) is 1.55. The Labute approximate surface area is 102 Å². The molecule has 6 heteroatoms. The lowest BCUT2D eigenvalue weighted by Crippen LogP contribution is -2.18. The molecule has 18 heavy (non-hydrogen) atoms. The summed E-state index contributed by atoms with van der Waals surface area (Å²) in [5.74, 6) is -1.32. The standard InChI is InChI=1S/C12H11FN2O3/c1-3-18-12(17)8-5-14-11-7(10(8)16)4-9(13)6(2)15-11/h4-5H,3H2,1-2H3,(H,14,15,16). The number of pyridine rings is 2. The fourth-order valence-electron chi connectivity index (χ4n) is 1.58. The van der Waals surface area contributed by atoms with Crippen LogP contribution in [-0.4, -0.2) is 22.5 Å². The van der Waals surface area contributed by atoms with Crippen molar-refractivity contribution in [3.05, 3.63) is 39.6 Å². The number of rotatable bonds is 2. The van der Waals surface area contributed by atoms with E-state index in [0.717, 1.165) is 6.07 Å². The summed E-state index contributed by atoms with van der Waals surface area (Å²) in [5, 5.41) is 0.0312. The lowest BCUT2D eigenvalue weighted by Gasteiger charge is -2.04. The van der Waals surface area contributed by atoms with Crippen molar-refractivity contribution in [2.45, 2.75) is 13.8 Å². The van der Waals surface area contributed by atoms with Crippen LogP contribution in [0.1, 0.15) is 23.0 Å². The van der Waals surface area contributed by atoms with Crippen LogP contribution in [0.5, 0.6) is 0 Å². The maximum atomic E-state index is 13.4. The van der Waals surface area contributed by atoms with E-state index >= 15 is 0 Å². The summed E-state index contributed by atoms with van der Waals surface area (Å²) in [6, 6.07) is 1.07. The van der Waals surface area contributed by atoms with Crippen molar-refractivity contribution in [1.82, 2.24) is 9.97 Å². The Morgan fingerprint density at radius 1 is 1.56 bits per heavy atom. The molecule has 0 radical (unpaired) electrons. The molecule has 0 aliphatic carbocycles. The molecule has 0 atom stereocenters. The summed E-state index contributed by atoms with van der Waals surface area (Å²) in [6.45, 7) is 3.29. The van der Waals surface area contributed by atoms with Crippen LogP contribution >= 0.6 is 0 Å². The Hall–Kier alpha value is -2.24. The highest BCUT2D eigenvalue weighted by Crippen LogP contribution is 2.11. The molecule has 94 valence electrons. The topological polar surface area (TPSA) is 72.1 Å². The third-order valence-electron chi connectivity index (χ3n) is 2.49. The minimum Gasteiger partial charge on any atom is -0.462 e. The molecular formula is C12H11FN2O3. The quantitative estimate of drug-likeness (QED) is 0.821. The van der Waals surface area contributed by atoms with Gasteiger partial charge < -0.3 is 9.72 Å². The van der Waals surface area contributed by atoms with Crippen LogP contribution in [0.3, 0.4) is 0 Å². The molecule has 2 rings (SSSR count). The number of H-pyrrole nitrogens is 1. The first-order chi connectivity index (χ1) is 8.54. The molecule has 0 amide bonds. The molecule has 0 fully saturated rings. The Kier molecular flexibility index (Phi) is 3.10. The van der Waals surface area contributed by atoms with Crippen molar-refractivity contribution in [2.75, 3.05) is 6.61 Å². The second kappa shape index (κ2) is 4.56. The van der Waals surface area contributed by atoms with E-state index in [1.165, 1.54) is 13.1 Å². The van der Waals surface area contributed by atoms with E-state index in [1.54, 1.807) is 6.92 Å². The van der Waals surface area contributed by atoms with Gasteiger partial charge in [0.2, 0.25) is 5.43 Å². The van der Waals surface area contributed by atoms with E-state index in [4.69, 9.17) is 4.74 Å². The van der Waals surface area contributed by atoms with Crippen LogP contribution < -0.4 is 5.43 Å². The summed E-state index contributed by atoms with van der Waals surface area (Å²) < 4.78 is 18.1. The second-order valence-corrected chi connectivity index (χ2v) is 3.70. The van der Waals surface area contributed by atoms with Crippen LogP contribution in [0, 0.1) is 12.7 Å². The van der Waals surface area contributed by atoms with Gasteiger partial charge in [-0.3, -0.25) is 4.79 Å². The van der Waals surface area contributed by atoms with Crippen molar-refractivity contribution in [1.29, 1.82) is 0 Å². The molecule has 0 spiro atoms. The van der Waals surface area contributed by atoms with Gasteiger partial charge in [0.1, 0.15) is 17.0 Å². The number of fused-ring (bicyclic) bond motifs is 1. The van der Waals surface area contributed by atoms with Gasteiger partial charge in [-0.05, 0) is 19.9 Å². The van der Waals surface area contributed by atoms with Gasteiger partial charge in [0.15, 0.2) is 0 Å². The maximum Gasteiger partial charge on any atom is 0.343 e. The van der Waals surface area contributed by atoms with Gasteiger partial charge in [0.05, 0.1) is 17.7 Å². The Morgan fingerprint density at radius 3 is 2.94 bits per heavy atom. The first kappa shape index (κ1) is 12.2. The molecule has 2 heterocycles. The van der Waals surface area contributed by atoms with Gasteiger partial charge >= 0.3 is 5.97 Å². The van der Waals surface area contributed by atoms with Crippen LogP contribution in [0.2, 0.25) is 0 Å². The molecule has 0 aromatic carbocycles. The molecule has 0 saturated heterocycles. The summed E-state index contributed by atoms with van der Waals surface area (Å²) in [7, 11) is 0. The van der Waals surface area contributed by atoms with E-state index in [0.29, 0.717) is 0 Å². The first-order valence-corrected chi connectivity index (χ1v) is 5.40. The number of esters is 1. The smallest absolute Gasteiger partial charge is 0.343 e. The molecule has 1 N–H and O–H groups in total.